The van der Waals surface area contributed by atoms with Crippen LogP contribution in [0.25, 0.3) is 0 Å². The number of rotatable bonds is 3. The van der Waals surface area contributed by atoms with Gasteiger partial charge in [0.2, 0.25) is 0 Å². The van der Waals surface area contributed by atoms with Gasteiger partial charge in [-0.05, 0) is 6.42 Å². The molecule has 0 fully saturated rings. The third-order valence-electron chi connectivity index (χ3n) is 0.721. The van der Waals surface area contributed by atoms with Crippen molar-refractivity contribution in [2.24, 2.45) is 0 Å². The van der Waals surface area contributed by atoms with Crippen molar-refractivity contribution in [1.82, 2.24) is 5.32 Å². The zero-order chi connectivity index (χ0) is 8.91. The number of carbonyl (C=O) groups is 1. The van der Waals surface area contributed by atoms with Gasteiger partial charge in [-0.3, -0.25) is 9.79 Å². The summed E-state index contributed by atoms with van der Waals surface area (Å²) < 4.78 is 13.7. The first kappa shape index (κ1) is 10.4. The van der Waals surface area contributed by atoms with Gasteiger partial charge in [-0.1, -0.05) is 6.92 Å². The Bertz CT molecular complexity index is 175. The van der Waals surface area contributed by atoms with Crippen LogP contribution in [0.4, 0.5) is 4.79 Å². The van der Waals surface area contributed by atoms with Crippen LogP contribution in [0.2, 0.25) is 0 Å². The van der Waals surface area contributed by atoms with Gasteiger partial charge in [0.15, 0.2) is 0 Å². The molecule has 0 radical (unpaired) electrons. The molecule has 0 atom stereocenters. The minimum atomic E-state index is -4.67. The average Bonchev–Trinajstić information content (AvgIpc) is 1.79. The average molecular weight is 183 g/mol. The minimum Gasteiger partial charge on any atom is -0.354 e. The van der Waals surface area contributed by atoms with Crippen LogP contribution in [0.1, 0.15) is 13.3 Å². The molecule has 6 nitrogen and oxygen atoms in total. The second-order valence-electron chi connectivity index (χ2n) is 1.80. The van der Waals surface area contributed by atoms with Gasteiger partial charge in [0, 0.05) is 6.54 Å². The van der Waals surface area contributed by atoms with Gasteiger partial charge >= 0.3 is 13.9 Å². The fourth-order valence-corrected chi connectivity index (χ4v) is 0.648. The molecular formula is C4H10NO5P. The van der Waals surface area contributed by atoms with E-state index in [9.17, 15) is 9.36 Å². The molecule has 0 unspecified atom stereocenters. The third kappa shape index (κ3) is 7.32. The van der Waals surface area contributed by atoms with Crippen LogP contribution in [-0.4, -0.2) is 22.4 Å². The lowest BCUT2D eigenvalue weighted by Gasteiger charge is -2.05. The molecule has 0 aliphatic rings. The standard InChI is InChI=1S/C4H10NO5P/c1-2-3-5-4(6)10-11(7,8)9/h2-3H2,1H3,(H,5,6)(H2,7,8,9). The van der Waals surface area contributed by atoms with E-state index in [2.05, 4.69) is 9.84 Å². The molecule has 66 valence electrons. The summed E-state index contributed by atoms with van der Waals surface area (Å²) in [6.45, 7) is 2.14. The van der Waals surface area contributed by atoms with Crippen LogP contribution < -0.4 is 5.32 Å². The Hall–Kier alpha value is -0.580. The van der Waals surface area contributed by atoms with Crippen molar-refractivity contribution >= 4 is 13.9 Å². The number of phosphoric ester groups is 1. The highest BCUT2D eigenvalue weighted by molar-refractivity contribution is 7.46. The summed E-state index contributed by atoms with van der Waals surface area (Å²) in [7, 11) is -4.67. The zero-order valence-electron chi connectivity index (χ0n) is 5.98. The number of hydrogen-bond donors (Lipinski definition) is 3. The van der Waals surface area contributed by atoms with E-state index in [1.54, 1.807) is 6.92 Å². The quantitative estimate of drug-likeness (QED) is 0.543. The summed E-state index contributed by atoms with van der Waals surface area (Å²) in [5.74, 6) is 0. The van der Waals surface area contributed by atoms with Crippen molar-refractivity contribution in [2.75, 3.05) is 6.54 Å². The Labute approximate surface area is 63.8 Å². The molecule has 1 amide bonds. The van der Waals surface area contributed by atoms with Gasteiger partial charge in [0.1, 0.15) is 0 Å². The summed E-state index contributed by atoms with van der Waals surface area (Å²) >= 11 is 0. The maximum atomic E-state index is 10.4. The molecule has 0 saturated heterocycles. The van der Waals surface area contributed by atoms with Gasteiger partial charge in [-0.25, -0.2) is 9.36 Å². The number of hydrogen-bond acceptors (Lipinski definition) is 3. The van der Waals surface area contributed by atoms with E-state index >= 15 is 0 Å². The SMILES string of the molecule is CCCNC(=O)OP(=O)(O)O. The normalized spacial score (nSPS) is 10.8. The fraction of sp³-hybridized carbons (Fsp3) is 0.750. The van der Waals surface area contributed by atoms with Crippen molar-refractivity contribution in [3.05, 3.63) is 0 Å². The van der Waals surface area contributed by atoms with E-state index in [1.165, 1.54) is 0 Å². The summed E-state index contributed by atoms with van der Waals surface area (Å²) in [6.07, 6.45) is -0.420. The highest BCUT2D eigenvalue weighted by Crippen LogP contribution is 2.35. The molecule has 11 heavy (non-hydrogen) atoms. The molecule has 0 bridgehead atoms. The molecular weight excluding hydrogens is 173 g/mol. The first-order valence-electron chi connectivity index (χ1n) is 2.98. The maximum absolute atomic E-state index is 10.4. The number of amides is 1. The van der Waals surface area contributed by atoms with E-state index in [0.717, 1.165) is 0 Å². The van der Waals surface area contributed by atoms with E-state index in [0.29, 0.717) is 13.0 Å². The van der Waals surface area contributed by atoms with E-state index in [1.807, 2.05) is 0 Å². The molecule has 0 aromatic heterocycles. The van der Waals surface area contributed by atoms with Crippen LogP contribution in [-0.2, 0) is 9.09 Å². The molecule has 0 rings (SSSR count). The van der Waals surface area contributed by atoms with Crippen LogP contribution in [0.3, 0.4) is 0 Å². The van der Waals surface area contributed by atoms with Crippen molar-refractivity contribution in [3.8, 4) is 0 Å². The third-order valence-corrected chi connectivity index (χ3v) is 1.12. The minimum absolute atomic E-state index is 0.332. The molecule has 0 spiro atoms. The Kier molecular flexibility index (Phi) is 4.10. The number of phosphoric acid groups is 1. The lowest BCUT2D eigenvalue weighted by molar-refractivity contribution is 0.176. The van der Waals surface area contributed by atoms with Crippen LogP contribution >= 0.6 is 7.82 Å². The molecule has 3 N–H and O–H groups in total. The van der Waals surface area contributed by atoms with Gasteiger partial charge in [0.05, 0.1) is 0 Å². The molecule has 0 heterocycles. The van der Waals surface area contributed by atoms with Crippen LogP contribution in [0, 0.1) is 0 Å². The second-order valence-corrected chi connectivity index (χ2v) is 2.96. The molecule has 0 aromatic rings. The molecule has 7 heteroatoms. The van der Waals surface area contributed by atoms with Gasteiger partial charge in [-0.15, -0.1) is 0 Å². The van der Waals surface area contributed by atoms with Gasteiger partial charge < -0.3 is 9.84 Å². The predicted molar refractivity (Wildman–Crippen MR) is 36.8 cm³/mol. The van der Waals surface area contributed by atoms with Gasteiger partial charge in [0.25, 0.3) is 0 Å². The lowest BCUT2D eigenvalue weighted by atomic mass is 10.5. The van der Waals surface area contributed by atoms with Crippen molar-refractivity contribution in [1.29, 1.82) is 0 Å². The lowest BCUT2D eigenvalue weighted by Crippen LogP contribution is -2.23. The second kappa shape index (κ2) is 4.33. The Morgan fingerprint density at radius 1 is 1.64 bits per heavy atom. The maximum Gasteiger partial charge on any atom is 0.528 e. The summed E-state index contributed by atoms with van der Waals surface area (Å²) in [4.78, 5) is 26.6. The van der Waals surface area contributed by atoms with E-state index in [4.69, 9.17) is 9.79 Å². The molecule has 0 aliphatic carbocycles. The highest BCUT2D eigenvalue weighted by Gasteiger charge is 2.19. The number of nitrogens with one attached hydrogen (secondary N) is 1. The van der Waals surface area contributed by atoms with E-state index < -0.39 is 13.9 Å². The Balaban J connectivity index is 3.62. The van der Waals surface area contributed by atoms with Crippen molar-refractivity contribution in [2.45, 2.75) is 13.3 Å². The van der Waals surface area contributed by atoms with Crippen LogP contribution in [0.5, 0.6) is 0 Å². The molecule has 0 aliphatic heterocycles. The van der Waals surface area contributed by atoms with Crippen molar-refractivity contribution < 1.29 is 23.7 Å². The summed E-state index contributed by atoms with van der Waals surface area (Å²) in [6, 6.07) is 0. The largest absolute Gasteiger partial charge is 0.528 e. The predicted octanol–water partition coefficient (Wildman–Crippen LogP) is 0.215. The monoisotopic (exact) mass is 183 g/mol. The number of carbonyl (C=O) groups excluding carboxylic acids is 1. The molecule has 0 aromatic carbocycles. The first-order chi connectivity index (χ1) is 4.95. The fourth-order valence-electron chi connectivity index (χ4n) is 0.367. The topological polar surface area (TPSA) is 95.9 Å². The Morgan fingerprint density at radius 2 is 2.18 bits per heavy atom. The van der Waals surface area contributed by atoms with E-state index in [-0.39, 0.29) is 0 Å². The Morgan fingerprint density at radius 3 is 2.55 bits per heavy atom. The summed E-state index contributed by atoms with van der Waals surface area (Å²) in [5.41, 5.74) is 0. The summed E-state index contributed by atoms with van der Waals surface area (Å²) in [5, 5.41) is 2.14. The molecule has 0 saturated carbocycles. The zero-order valence-corrected chi connectivity index (χ0v) is 6.88. The van der Waals surface area contributed by atoms with Gasteiger partial charge in [-0.2, -0.15) is 0 Å². The smallest absolute Gasteiger partial charge is 0.354 e. The first-order valence-corrected chi connectivity index (χ1v) is 4.51. The highest BCUT2D eigenvalue weighted by atomic mass is 31.2. The van der Waals surface area contributed by atoms with Crippen LogP contribution in [0.15, 0.2) is 0 Å². The van der Waals surface area contributed by atoms with Crippen molar-refractivity contribution in [3.63, 3.8) is 0 Å².